The first-order chi connectivity index (χ1) is 16.6. The van der Waals surface area contributed by atoms with Gasteiger partial charge in [-0.2, -0.15) is 0 Å². The van der Waals surface area contributed by atoms with Gasteiger partial charge >= 0.3 is 5.69 Å². The van der Waals surface area contributed by atoms with Crippen LogP contribution in [-0.4, -0.2) is 53.6 Å². The predicted molar refractivity (Wildman–Crippen MR) is 120 cm³/mol. The number of fused-ring (bicyclic) bond motifs is 1. The van der Waals surface area contributed by atoms with Crippen molar-refractivity contribution >= 4 is 11.6 Å². The average Bonchev–Trinajstić information content (AvgIpc) is 3.52. The molecule has 10 heteroatoms. The van der Waals surface area contributed by atoms with Crippen molar-refractivity contribution in [3.8, 4) is 17.2 Å². The molecule has 1 aromatic heterocycles. The lowest BCUT2D eigenvalue weighted by atomic mass is 10.1. The minimum atomic E-state index is -0.501. The van der Waals surface area contributed by atoms with Crippen LogP contribution in [0.25, 0.3) is 0 Å². The lowest BCUT2D eigenvalue weighted by molar-refractivity contribution is -0.386. The molecule has 2 aromatic carbocycles. The normalized spacial score (nSPS) is 15.4. The number of furan rings is 1. The zero-order valence-corrected chi connectivity index (χ0v) is 18.3. The molecule has 0 N–H and O–H groups in total. The van der Waals surface area contributed by atoms with Gasteiger partial charge in [-0.25, -0.2) is 0 Å². The zero-order chi connectivity index (χ0) is 23.5. The summed E-state index contributed by atoms with van der Waals surface area (Å²) in [5.74, 6) is 2.15. The maximum atomic E-state index is 12.9. The van der Waals surface area contributed by atoms with Gasteiger partial charge in [0.2, 0.25) is 6.79 Å². The van der Waals surface area contributed by atoms with E-state index in [2.05, 4.69) is 4.90 Å². The first-order valence-corrected chi connectivity index (χ1v) is 10.9. The van der Waals surface area contributed by atoms with E-state index < -0.39 is 4.92 Å². The number of nitro groups is 1. The van der Waals surface area contributed by atoms with Gasteiger partial charge in [-0.05, 0) is 35.9 Å². The fourth-order valence-electron chi connectivity index (χ4n) is 4.01. The molecule has 0 aliphatic carbocycles. The van der Waals surface area contributed by atoms with Crippen molar-refractivity contribution in [3.05, 3.63) is 81.8 Å². The smallest absolute Gasteiger partial charge is 0.310 e. The molecule has 0 atom stereocenters. The van der Waals surface area contributed by atoms with Gasteiger partial charge in [-0.3, -0.25) is 19.8 Å². The number of carbonyl (C=O) groups excluding carboxylic acids is 1. The van der Waals surface area contributed by atoms with Crippen LogP contribution in [0, 0.1) is 10.1 Å². The molecule has 1 fully saturated rings. The van der Waals surface area contributed by atoms with Gasteiger partial charge in [0, 0.05) is 38.8 Å². The van der Waals surface area contributed by atoms with Gasteiger partial charge in [0.05, 0.1) is 4.92 Å². The molecule has 176 valence electrons. The summed E-state index contributed by atoms with van der Waals surface area (Å²) in [5.41, 5.74) is 1.02. The highest BCUT2D eigenvalue weighted by Gasteiger charge is 2.25. The van der Waals surface area contributed by atoms with E-state index >= 15 is 0 Å². The molecule has 5 rings (SSSR count). The van der Waals surface area contributed by atoms with Crippen molar-refractivity contribution in [2.75, 3.05) is 33.0 Å². The fraction of sp³-hybridized carbons (Fsp3) is 0.292. The molecule has 1 saturated heterocycles. The summed E-state index contributed by atoms with van der Waals surface area (Å²) in [6, 6.07) is 15.3. The van der Waals surface area contributed by atoms with E-state index in [1.807, 2.05) is 18.2 Å². The van der Waals surface area contributed by atoms with E-state index in [1.165, 1.54) is 12.1 Å². The molecule has 3 heterocycles. The highest BCUT2D eigenvalue weighted by Crippen LogP contribution is 2.33. The van der Waals surface area contributed by atoms with E-state index in [9.17, 15) is 14.9 Å². The van der Waals surface area contributed by atoms with E-state index in [0.29, 0.717) is 18.8 Å². The van der Waals surface area contributed by atoms with Gasteiger partial charge in [-0.15, -0.1) is 0 Å². The van der Waals surface area contributed by atoms with Crippen LogP contribution in [0.1, 0.15) is 21.9 Å². The molecule has 2 aliphatic rings. The number of ether oxygens (including phenoxy) is 3. The lowest BCUT2D eigenvalue weighted by Gasteiger charge is -2.34. The summed E-state index contributed by atoms with van der Waals surface area (Å²) in [4.78, 5) is 27.5. The molecule has 34 heavy (non-hydrogen) atoms. The average molecular weight is 465 g/mol. The van der Waals surface area contributed by atoms with Crippen molar-refractivity contribution in [3.63, 3.8) is 0 Å². The second kappa shape index (κ2) is 9.44. The molecule has 3 aromatic rings. The molecular weight excluding hydrogens is 442 g/mol. The maximum Gasteiger partial charge on any atom is 0.310 e. The molecule has 0 spiro atoms. The Labute approximate surface area is 195 Å². The minimum absolute atomic E-state index is 0.0125. The van der Waals surface area contributed by atoms with Crippen LogP contribution in [0.3, 0.4) is 0 Å². The van der Waals surface area contributed by atoms with Crippen molar-refractivity contribution in [1.29, 1.82) is 0 Å². The minimum Gasteiger partial charge on any atom is -0.479 e. The number of nitrogens with zero attached hydrogens (tertiary/aromatic N) is 3. The van der Waals surface area contributed by atoms with E-state index in [4.69, 9.17) is 18.6 Å². The van der Waals surface area contributed by atoms with Gasteiger partial charge in [0.25, 0.3) is 5.91 Å². The van der Waals surface area contributed by atoms with Crippen molar-refractivity contribution in [2.24, 2.45) is 0 Å². The van der Waals surface area contributed by atoms with Crippen LogP contribution in [0.2, 0.25) is 0 Å². The Balaban J connectivity index is 1.13. The summed E-state index contributed by atoms with van der Waals surface area (Å²) < 4.78 is 22.0. The SMILES string of the molecule is O=C(c1ccc(COc2ccccc2[N+](=O)[O-])o1)N1CCN(Cc2ccc3c(c2)OCO3)CC1. The Morgan fingerprint density at radius 2 is 1.79 bits per heavy atom. The molecule has 0 radical (unpaired) electrons. The summed E-state index contributed by atoms with van der Waals surface area (Å²) in [6.07, 6.45) is 0. The highest BCUT2D eigenvalue weighted by atomic mass is 16.7. The highest BCUT2D eigenvalue weighted by molar-refractivity contribution is 5.91. The fourth-order valence-corrected chi connectivity index (χ4v) is 4.01. The van der Waals surface area contributed by atoms with Crippen molar-refractivity contribution in [2.45, 2.75) is 13.2 Å². The van der Waals surface area contributed by atoms with Crippen LogP contribution in [0.5, 0.6) is 17.2 Å². The Morgan fingerprint density at radius 1 is 1.00 bits per heavy atom. The molecule has 0 unspecified atom stereocenters. The van der Waals surface area contributed by atoms with Gasteiger partial charge in [0.15, 0.2) is 23.0 Å². The topological polar surface area (TPSA) is 108 Å². The molecule has 1 amide bonds. The second-order valence-electron chi connectivity index (χ2n) is 8.04. The van der Waals surface area contributed by atoms with Gasteiger partial charge in [0.1, 0.15) is 12.4 Å². The van der Waals surface area contributed by atoms with E-state index in [-0.39, 0.29) is 36.5 Å². The second-order valence-corrected chi connectivity index (χ2v) is 8.04. The Bertz CT molecular complexity index is 1200. The number of nitro benzene ring substituents is 1. The summed E-state index contributed by atoms with van der Waals surface area (Å²) in [7, 11) is 0. The Morgan fingerprint density at radius 3 is 2.62 bits per heavy atom. The third-order valence-electron chi connectivity index (χ3n) is 5.81. The molecule has 0 bridgehead atoms. The molecule has 0 saturated carbocycles. The summed E-state index contributed by atoms with van der Waals surface area (Å²) in [6.45, 7) is 3.68. The Hall–Kier alpha value is -4.05. The van der Waals surface area contributed by atoms with Crippen LogP contribution in [0.4, 0.5) is 5.69 Å². The number of hydrogen-bond donors (Lipinski definition) is 0. The number of para-hydroxylation sites is 2. The number of benzene rings is 2. The maximum absolute atomic E-state index is 12.9. The largest absolute Gasteiger partial charge is 0.479 e. The summed E-state index contributed by atoms with van der Waals surface area (Å²) >= 11 is 0. The van der Waals surface area contributed by atoms with Crippen molar-refractivity contribution in [1.82, 2.24) is 9.80 Å². The van der Waals surface area contributed by atoms with Crippen molar-refractivity contribution < 1.29 is 28.3 Å². The molecule has 2 aliphatic heterocycles. The number of piperazine rings is 1. The number of rotatable bonds is 7. The molecule has 10 nitrogen and oxygen atoms in total. The number of hydrogen-bond acceptors (Lipinski definition) is 8. The van der Waals surface area contributed by atoms with Crippen LogP contribution < -0.4 is 14.2 Å². The third kappa shape index (κ3) is 4.67. The number of amides is 1. The monoisotopic (exact) mass is 465 g/mol. The quantitative estimate of drug-likeness (QED) is 0.386. The van der Waals surface area contributed by atoms with Crippen LogP contribution >= 0.6 is 0 Å². The Kier molecular flexibility index (Phi) is 6.05. The van der Waals surface area contributed by atoms with E-state index in [0.717, 1.165) is 36.7 Å². The number of carbonyl (C=O) groups is 1. The molecular formula is C24H23N3O7. The predicted octanol–water partition coefficient (Wildman–Crippen LogP) is 3.45. The van der Waals surface area contributed by atoms with Gasteiger partial charge in [-0.1, -0.05) is 18.2 Å². The van der Waals surface area contributed by atoms with Crippen LogP contribution in [0.15, 0.2) is 59.0 Å². The first-order valence-electron chi connectivity index (χ1n) is 10.9. The van der Waals surface area contributed by atoms with Gasteiger partial charge < -0.3 is 23.5 Å². The first kappa shape index (κ1) is 21.8. The van der Waals surface area contributed by atoms with Crippen LogP contribution in [-0.2, 0) is 13.2 Å². The third-order valence-corrected chi connectivity index (χ3v) is 5.81. The van der Waals surface area contributed by atoms with E-state index in [1.54, 1.807) is 29.2 Å². The standard InChI is InChI=1S/C24H23N3O7/c28-24(22-8-6-18(34-22)15-31-20-4-2-1-3-19(20)27(29)30)26-11-9-25(10-12-26)14-17-5-7-21-23(13-17)33-16-32-21/h1-8,13H,9-12,14-16H2. The summed E-state index contributed by atoms with van der Waals surface area (Å²) in [5, 5.41) is 11.1. The zero-order valence-electron chi connectivity index (χ0n) is 18.3. The lowest BCUT2D eigenvalue weighted by Crippen LogP contribution is -2.48.